The van der Waals surface area contributed by atoms with Crippen LogP contribution in [0.15, 0.2) is 28.7 Å². The molecule has 0 saturated carbocycles. The van der Waals surface area contributed by atoms with Crippen LogP contribution in [0.25, 0.3) is 5.76 Å². The Balaban J connectivity index is 2.29. The van der Waals surface area contributed by atoms with Gasteiger partial charge in [-0.05, 0) is 76.9 Å². The lowest BCUT2D eigenvalue weighted by molar-refractivity contribution is -0.170. The number of halogens is 1. The Bertz CT molecular complexity index is 534. The number of likely N-dealkylation sites (tertiary alicyclic amines) is 1. The predicted molar refractivity (Wildman–Crippen MR) is 90.1 cm³/mol. The van der Waals surface area contributed by atoms with E-state index in [0.717, 1.165) is 28.6 Å². The van der Waals surface area contributed by atoms with E-state index in [0.29, 0.717) is 11.8 Å². The molecule has 1 aromatic rings. The summed E-state index contributed by atoms with van der Waals surface area (Å²) in [5, 5.41) is 9.29. The summed E-state index contributed by atoms with van der Waals surface area (Å²) < 4.78 is 1.06. The van der Waals surface area contributed by atoms with Gasteiger partial charge in [0, 0.05) is 21.6 Å². The van der Waals surface area contributed by atoms with Gasteiger partial charge in [0.1, 0.15) is 0 Å². The SMILES string of the molecule is Cc1cc(C(=C[C@@H]2CCCN2C(C)(C)C)OO)ccc1Br. The summed E-state index contributed by atoms with van der Waals surface area (Å²) in [6.45, 7) is 9.79. The molecule has 0 radical (unpaired) electrons. The average Bonchev–Trinajstić information content (AvgIpc) is 2.87. The molecular formula is C17H24BrNO2. The smallest absolute Gasteiger partial charge is 0.169 e. The minimum Gasteiger partial charge on any atom is -0.340 e. The molecule has 0 aliphatic carbocycles. The third-order valence-corrected chi connectivity index (χ3v) is 4.94. The first-order valence-corrected chi connectivity index (χ1v) is 8.19. The third kappa shape index (κ3) is 3.87. The van der Waals surface area contributed by atoms with Crippen LogP contribution in [-0.2, 0) is 4.89 Å². The largest absolute Gasteiger partial charge is 0.340 e. The maximum atomic E-state index is 9.29. The van der Waals surface area contributed by atoms with E-state index in [-0.39, 0.29) is 5.54 Å². The quantitative estimate of drug-likeness (QED) is 0.478. The molecule has 116 valence electrons. The zero-order valence-electron chi connectivity index (χ0n) is 13.2. The van der Waals surface area contributed by atoms with Gasteiger partial charge in [-0.2, -0.15) is 0 Å². The first-order chi connectivity index (χ1) is 9.82. The van der Waals surface area contributed by atoms with Crippen LogP contribution in [0.3, 0.4) is 0 Å². The van der Waals surface area contributed by atoms with Gasteiger partial charge in [-0.15, -0.1) is 0 Å². The average molecular weight is 354 g/mol. The predicted octanol–water partition coefficient (Wildman–Crippen LogP) is 4.85. The van der Waals surface area contributed by atoms with Gasteiger partial charge in [0.25, 0.3) is 0 Å². The summed E-state index contributed by atoms with van der Waals surface area (Å²) in [5.41, 5.74) is 2.14. The molecule has 4 heteroatoms. The first kappa shape index (κ1) is 16.5. The third-order valence-electron chi connectivity index (χ3n) is 4.05. The molecule has 1 saturated heterocycles. The Morgan fingerprint density at radius 1 is 1.43 bits per heavy atom. The molecule has 1 aliphatic heterocycles. The molecule has 0 unspecified atom stereocenters. The van der Waals surface area contributed by atoms with E-state index < -0.39 is 0 Å². The van der Waals surface area contributed by atoms with Crippen molar-refractivity contribution in [2.45, 2.75) is 52.1 Å². The Labute approximate surface area is 135 Å². The summed E-state index contributed by atoms with van der Waals surface area (Å²) in [7, 11) is 0. The zero-order valence-corrected chi connectivity index (χ0v) is 14.8. The molecule has 0 spiro atoms. The van der Waals surface area contributed by atoms with E-state index in [1.807, 2.05) is 31.2 Å². The highest BCUT2D eigenvalue weighted by Crippen LogP contribution is 2.30. The van der Waals surface area contributed by atoms with Crippen LogP contribution in [0.4, 0.5) is 0 Å². The lowest BCUT2D eigenvalue weighted by atomic mass is 10.0. The first-order valence-electron chi connectivity index (χ1n) is 7.39. The van der Waals surface area contributed by atoms with Gasteiger partial charge in [-0.1, -0.05) is 15.9 Å². The van der Waals surface area contributed by atoms with Crippen molar-refractivity contribution in [3.05, 3.63) is 39.9 Å². The van der Waals surface area contributed by atoms with E-state index in [9.17, 15) is 5.26 Å². The standard InChI is InChI=1S/C17H24BrNO2/c1-12-10-13(7-8-15(12)18)16(21-20)11-14-6-5-9-19(14)17(2,3)4/h7-8,10-11,14,20H,5-6,9H2,1-4H3/t14-/m0/s1. The molecule has 0 amide bonds. The molecule has 1 aromatic carbocycles. The number of hydrogen-bond acceptors (Lipinski definition) is 3. The van der Waals surface area contributed by atoms with Crippen molar-refractivity contribution in [3.63, 3.8) is 0 Å². The van der Waals surface area contributed by atoms with Crippen molar-refractivity contribution in [2.75, 3.05) is 6.54 Å². The number of rotatable bonds is 3. The second-order valence-electron chi connectivity index (χ2n) is 6.66. The fourth-order valence-electron chi connectivity index (χ4n) is 2.95. The van der Waals surface area contributed by atoms with E-state index >= 15 is 0 Å². The highest BCUT2D eigenvalue weighted by atomic mass is 79.9. The molecule has 3 nitrogen and oxygen atoms in total. The van der Waals surface area contributed by atoms with E-state index in [1.165, 1.54) is 6.42 Å². The number of nitrogens with zero attached hydrogens (tertiary/aromatic N) is 1. The summed E-state index contributed by atoms with van der Waals surface area (Å²) >= 11 is 3.49. The van der Waals surface area contributed by atoms with E-state index in [2.05, 4.69) is 46.5 Å². The molecule has 1 heterocycles. The van der Waals surface area contributed by atoms with Crippen LogP contribution in [0.2, 0.25) is 0 Å². The Morgan fingerprint density at radius 3 is 2.71 bits per heavy atom. The lowest BCUT2D eigenvalue weighted by Crippen LogP contribution is -2.43. The molecular weight excluding hydrogens is 330 g/mol. The van der Waals surface area contributed by atoms with Gasteiger partial charge >= 0.3 is 0 Å². The van der Waals surface area contributed by atoms with Crippen molar-refractivity contribution in [1.82, 2.24) is 4.90 Å². The summed E-state index contributed by atoms with van der Waals surface area (Å²) in [5.74, 6) is 0.534. The molecule has 1 fully saturated rings. The Morgan fingerprint density at radius 2 is 2.14 bits per heavy atom. The van der Waals surface area contributed by atoms with Gasteiger partial charge in [-0.25, -0.2) is 5.26 Å². The van der Waals surface area contributed by atoms with Gasteiger partial charge in [0.15, 0.2) is 5.76 Å². The van der Waals surface area contributed by atoms with Gasteiger partial charge in [0.05, 0.1) is 0 Å². The molecule has 0 bridgehead atoms. The maximum Gasteiger partial charge on any atom is 0.169 e. The van der Waals surface area contributed by atoms with Gasteiger partial charge < -0.3 is 4.89 Å². The monoisotopic (exact) mass is 353 g/mol. The molecule has 0 aromatic heterocycles. The maximum absolute atomic E-state index is 9.29. The number of benzene rings is 1. The summed E-state index contributed by atoms with van der Waals surface area (Å²) in [4.78, 5) is 7.13. The van der Waals surface area contributed by atoms with E-state index in [4.69, 9.17) is 0 Å². The zero-order chi connectivity index (χ0) is 15.6. The van der Waals surface area contributed by atoms with Crippen LogP contribution in [0.1, 0.15) is 44.7 Å². The lowest BCUT2D eigenvalue weighted by Gasteiger charge is -2.35. The topological polar surface area (TPSA) is 32.7 Å². The molecule has 2 rings (SSSR count). The Hall–Kier alpha value is -0.840. The van der Waals surface area contributed by atoms with Gasteiger partial charge in [0.2, 0.25) is 0 Å². The van der Waals surface area contributed by atoms with Crippen LogP contribution >= 0.6 is 15.9 Å². The van der Waals surface area contributed by atoms with Crippen molar-refractivity contribution in [2.24, 2.45) is 0 Å². The van der Waals surface area contributed by atoms with Crippen molar-refractivity contribution >= 4 is 21.7 Å². The highest BCUT2D eigenvalue weighted by Gasteiger charge is 2.32. The molecule has 1 atom stereocenters. The summed E-state index contributed by atoms with van der Waals surface area (Å²) in [6, 6.07) is 6.25. The van der Waals surface area contributed by atoms with Crippen molar-refractivity contribution in [3.8, 4) is 0 Å². The second-order valence-corrected chi connectivity index (χ2v) is 7.51. The van der Waals surface area contributed by atoms with Crippen LogP contribution in [0.5, 0.6) is 0 Å². The second kappa shape index (κ2) is 6.51. The Kier molecular flexibility index (Phi) is 5.12. The fraction of sp³-hybridized carbons (Fsp3) is 0.529. The van der Waals surface area contributed by atoms with Crippen molar-refractivity contribution in [1.29, 1.82) is 0 Å². The van der Waals surface area contributed by atoms with Crippen LogP contribution in [-0.4, -0.2) is 28.3 Å². The number of hydrogen-bond donors (Lipinski definition) is 1. The van der Waals surface area contributed by atoms with Crippen molar-refractivity contribution < 1.29 is 10.1 Å². The minimum atomic E-state index is 0.119. The molecule has 1 aliphatic rings. The van der Waals surface area contributed by atoms with Crippen LogP contribution < -0.4 is 0 Å². The highest BCUT2D eigenvalue weighted by molar-refractivity contribution is 9.10. The summed E-state index contributed by atoms with van der Waals surface area (Å²) in [6.07, 6.45) is 4.32. The number of aryl methyl sites for hydroxylation is 1. The van der Waals surface area contributed by atoms with E-state index in [1.54, 1.807) is 0 Å². The van der Waals surface area contributed by atoms with Crippen LogP contribution in [0, 0.1) is 6.92 Å². The van der Waals surface area contributed by atoms with Gasteiger partial charge in [-0.3, -0.25) is 4.90 Å². The normalized spacial score (nSPS) is 20.9. The minimum absolute atomic E-state index is 0.119. The molecule has 21 heavy (non-hydrogen) atoms. The molecule has 1 N–H and O–H groups in total. The fourth-order valence-corrected chi connectivity index (χ4v) is 3.20.